The van der Waals surface area contributed by atoms with Crippen molar-refractivity contribution in [2.24, 2.45) is 0 Å². The van der Waals surface area contributed by atoms with Crippen LogP contribution < -0.4 is 0 Å². The van der Waals surface area contributed by atoms with E-state index in [1.54, 1.807) is 0 Å². The SMILES string of the molecule is c1cc(-c2ccc3ccccc3c2)cc(-c2c3ccccc3c(-c3ccc4c(c3)oc3ccc5oc6ccccc6c5c34)c3ccccc23)c1. The lowest BCUT2D eigenvalue weighted by atomic mass is 9.85. The number of fused-ring (bicyclic) bond motifs is 10. The summed E-state index contributed by atoms with van der Waals surface area (Å²) in [5.41, 5.74) is 10.7. The molecule has 2 heterocycles. The molecule has 11 rings (SSSR count). The minimum Gasteiger partial charge on any atom is -0.456 e. The topological polar surface area (TPSA) is 26.3 Å². The second-order valence-electron chi connectivity index (χ2n) is 13.2. The summed E-state index contributed by atoms with van der Waals surface area (Å²) in [5.74, 6) is 0. The Morgan fingerprint density at radius 1 is 0.260 bits per heavy atom. The van der Waals surface area contributed by atoms with E-state index >= 15 is 0 Å². The van der Waals surface area contributed by atoms with Gasteiger partial charge < -0.3 is 8.83 Å². The summed E-state index contributed by atoms with van der Waals surface area (Å²) in [6, 6.07) is 61.0. The Labute approximate surface area is 287 Å². The molecule has 0 spiro atoms. The van der Waals surface area contributed by atoms with Crippen LogP contribution in [0.1, 0.15) is 0 Å². The minimum absolute atomic E-state index is 0.868. The summed E-state index contributed by atoms with van der Waals surface area (Å²) in [5, 5.41) is 11.8. The highest BCUT2D eigenvalue weighted by atomic mass is 16.3. The van der Waals surface area contributed by atoms with Crippen LogP contribution in [0.2, 0.25) is 0 Å². The van der Waals surface area contributed by atoms with Crippen molar-refractivity contribution < 1.29 is 8.83 Å². The van der Waals surface area contributed by atoms with Gasteiger partial charge in [-0.1, -0.05) is 127 Å². The Morgan fingerprint density at radius 2 is 0.760 bits per heavy atom. The zero-order chi connectivity index (χ0) is 32.8. The van der Waals surface area contributed by atoms with Crippen LogP contribution in [-0.2, 0) is 0 Å². The maximum absolute atomic E-state index is 6.60. The van der Waals surface area contributed by atoms with E-state index in [-0.39, 0.29) is 0 Å². The molecule has 0 saturated heterocycles. The maximum atomic E-state index is 6.60. The smallest absolute Gasteiger partial charge is 0.136 e. The molecule has 0 amide bonds. The number of benzene rings is 9. The molecule has 0 radical (unpaired) electrons. The van der Waals surface area contributed by atoms with Crippen LogP contribution >= 0.6 is 0 Å². The van der Waals surface area contributed by atoms with E-state index in [9.17, 15) is 0 Å². The minimum atomic E-state index is 0.868. The van der Waals surface area contributed by atoms with E-state index in [0.717, 1.165) is 49.4 Å². The van der Waals surface area contributed by atoms with Crippen molar-refractivity contribution in [2.45, 2.75) is 0 Å². The summed E-state index contributed by atoms with van der Waals surface area (Å²) in [6.07, 6.45) is 0. The second kappa shape index (κ2) is 10.4. The highest BCUT2D eigenvalue weighted by Crippen LogP contribution is 2.46. The van der Waals surface area contributed by atoms with Crippen molar-refractivity contribution in [3.8, 4) is 33.4 Å². The average molecular weight is 637 g/mol. The van der Waals surface area contributed by atoms with E-state index in [2.05, 4.69) is 146 Å². The van der Waals surface area contributed by atoms with Gasteiger partial charge in [0.15, 0.2) is 0 Å². The van der Waals surface area contributed by atoms with Gasteiger partial charge in [-0.25, -0.2) is 0 Å². The molecule has 0 aliphatic heterocycles. The number of rotatable bonds is 3. The first-order valence-corrected chi connectivity index (χ1v) is 17.1. The molecule has 9 aromatic carbocycles. The first-order chi connectivity index (χ1) is 24.8. The molecular formula is C48H28O2. The quantitative estimate of drug-likeness (QED) is 0.180. The molecule has 0 unspecified atom stereocenters. The highest BCUT2D eigenvalue weighted by molar-refractivity contribution is 6.27. The standard InChI is InChI=1S/C48H28O2/c1-2-11-30-26-32(21-20-29(30)10-1)31-12-9-13-33(27-31)45-35-14-3-5-16-37(35)46(38-17-6-4-15-36(38)45)34-22-23-40-44(28-34)50-43-25-24-42-47(48(40)43)39-18-7-8-19-41(39)49-42/h1-28H. The zero-order valence-corrected chi connectivity index (χ0v) is 27.0. The van der Waals surface area contributed by atoms with Crippen molar-refractivity contribution in [2.75, 3.05) is 0 Å². The number of hydrogen-bond donors (Lipinski definition) is 0. The molecule has 50 heavy (non-hydrogen) atoms. The highest BCUT2D eigenvalue weighted by Gasteiger charge is 2.20. The molecule has 2 nitrogen and oxygen atoms in total. The van der Waals surface area contributed by atoms with Crippen LogP contribution in [0, 0.1) is 0 Å². The van der Waals surface area contributed by atoms with Gasteiger partial charge in [-0.15, -0.1) is 0 Å². The first kappa shape index (κ1) is 27.3. The van der Waals surface area contributed by atoms with Crippen molar-refractivity contribution in [3.05, 3.63) is 170 Å². The van der Waals surface area contributed by atoms with Gasteiger partial charge in [0, 0.05) is 21.5 Å². The van der Waals surface area contributed by atoms with Gasteiger partial charge in [-0.05, 0) is 108 Å². The predicted molar refractivity (Wildman–Crippen MR) is 210 cm³/mol. The number of para-hydroxylation sites is 1. The predicted octanol–water partition coefficient (Wildman–Crippen LogP) is 13.9. The zero-order valence-electron chi connectivity index (χ0n) is 27.0. The molecule has 232 valence electrons. The van der Waals surface area contributed by atoms with Crippen LogP contribution in [0.15, 0.2) is 179 Å². The summed E-state index contributed by atoms with van der Waals surface area (Å²) >= 11 is 0. The van der Waals surface area contributed by atoms with E-state index < -0.39 is 0 Å². The largest absolute Gasteiger partial charge is 0.456 e. The fourth-order valence-electron chi connectivity index (χ4n) is 8.21. The monoisotopic (exact) mass is 636 g/mol. The van der Waals surface area contributed by atoms with Gasteiger partial charge in [0.05, 0.1) is 0 Å². The Kier molecular flexibility index (Phi) is 5.70. The molecule has 2 heteroatoms. The molecule has 11 aromatic rings. The van der Waals surface area contributed by atoms with E-state index in [0.29, 0.717) is 0 Å². The Bertz CT molecular complexity index is 3100. The summed E-state index contributed by atoms with van der Waals surface area (Å²) in [6.45, 7) is 0. The summed E-state index contributed by atoms with van der Waals surface area (Å²) in [4.78, 5) is 0. The third-order valence-electron chi connectivity index (χ3n) is 10.4. The third-order valence-corrected chi connectivity index (χ3v) is 10.4. The second-order valence-corrected chi connectivity index (χ2v) is 13.2. The van der Waals surface area contributed by atoms with E-state index in [4.69, 9.17) is 8.83 Å². The van der Waals surface area contributed by atoms with Gasteiger partial charge >= 0.3 is 0 Å². The Hall–Kier alpha value is -6.64. The fraction of sp³-hybridized carbons (Fsp3) is 0. The maximum Gasteiger partial charge on any atom is 0.136 e. The molecule has 0 saturated carbocycles. The van der Waals surface area contributed by atoms with E-state index in [1.165, 1.54) is 60.1 Å². The van der Waals surface area contributed by atoms with Crippen molar-refractivity contribution >= 4 is 76.2 Å². The van der Waals surface area contributed by atoms with Crippen LogP contribution in [0.5, 0.6) is 0 Å². The lowest BCUT2D eigenvalue weighted by Gasteiger charge is -2.18. The third kappa shape index (κ3) is 3.96. The van der Waals surface area contributed by atoms with Crippen LogP contribution in [0.25, 0.3) is 110 Å². The Morgan fingerprint density at radius 3 is 1.46 bits per heavy atom. The molecule has 0 N–H and O–H groups in total. The number of furan rings is 2. The number of hydrogen-bond acceptors (Lipinski definition) is 2. The normalized spacial score (nSPS) is 12.0. The molecule has 0 atom stereocenters. The summed E-state index contributed by atoms with van der Waals surface area (Å²) in [7, 11) is 0. The Balaban J connectivity index is 1.14. The molecule has 2 aromatic heterocycles. The van der Waals surface area contributed by atoms with Gasteiger partial charge in [0.25, 0.3) is 0 Å². The molecule has 0 aliphatic rings. The summed E-state index contributed by atoms with van der Waals surface area (Å²) < 4.78 is 12.8. The lowest BCUT2D eigenvalue weighted by Crippen LogP contribution is -1.91. The van der Waals surface area contributed by atoms with Gasteiger partial charge in [0.2, 0.25) is 0 Å². The molecule has 0 aliphatic carbocycles. The van der Waals surface area contributed by atoms with Gasteiger partial charge in [-0.2, -0.15) is 0 Å². The molecule has 0 fully saturated rings. The van der Waals surface area contributed by atoms with Gasteiger partial charge in [0.1, 0.15) is 22.3 Å². The fourth-order valence-corrected chi connectivity index (χ4v) is 8.21. The average Bonchev–Trinajstić information content (AvgIpc) is 3.74. The van der Waals surface area contributed by atoms with Crippen LogP contribution in [0.3, 0.4) is 0 Å². The van der Waals surface area contributed by atoms with Crippen LogP contribution in [0.4, 0.5) is 0 Å². The molecule has 0 bridgehead atoms. The van der Waals surface area contributed by atoms with Gasteiger partial charge in [-0.3, -0.25) is 0 Å². The van der Waals surface area contributed by atoms with Crippen molar-refractivity contribution in [1.82, 2.24) is 0 Å². The van der Waals surface area contributed by atoms with Crippen molar-refractivity contribution in [3.63, 3.8) is 0 Å². The first-order valence-electron chi connectivity index (χ1n) is 17.1. The lowest BCUT2D eigenvalue weighted by molar-refractivity contribution is 0.663. The van der Waals surface area contributed by atoms with Crippen molar-refractivity contribution in [1.29, 1.82) is 0 Å². The van der Waals surface area contributed by atoms with Crippen LogP contribution in [-0.4, -0.2) is 0 Å². The van der Waals surface area contributed by atoms with E-state index in [1.807, 2.05) is 24.3 Å². The molecular weight excluding hydrogens is 609 g/mol.